The number of hydrogen-bond donors (Lipinski definition) is 1. The highest BCUT2D eigenvalue weighted by Gasteiger charge is 2.18. The minimum Gasteiger partial charge on any atom is -0.342 e. The predicted molar refractivity (Wildman–Crippen MR) is 96.9 cm³/mol. The summed E-state index contributed by atoms with van der Waals surface area (Å²) in [5.74, 6) is -1.12. The lowest BCUT2D eigenvalue weighted by atomic mass is 10.3. The largest absolute Gasteiger partial charge is 0.342 e. The number of hydrogen-bond acceptors (Lipinski definition) is 3. The third kappa shape index (κ3) is 2.83. The standard InChI is InChI=1S/C18H19FN4O3/c1-4-22-17(25)16-14(9-11(2)21(16)3)23(18(22)26)10-15(24)20-13-8-6-5-7-12(13)19/h5-9H,4,10H2,1-3H3,(H,20,24). The highest BCUT2D eigenvalue weighted by molar-refractivity contribution is 5.91. The smallest absolute Gasteiger partial charge is 0.332 e. The first kappa shape index (κ1) is 17.7. The number of carbonyl (C=O) groups is 1. The second-order valence-electron chi connectivity index (χ2n) is 6.02. The first-order chi connectivity index (χ1) is 12.3. The zero-order chi connectivity index (χ0) is 19.0. The maximum Gasteiger partial charge on any atom is 0.332 e. The van der Waals surface area contributed by atoms with Crippen LogP contribution in [-0.2, 0) is 24.9 Å². The van der Waals surface area contributed by atoms with E-state index in [1.54, 1.807) is 30.7 Å². The van der Waals surface area contributed by atoms with Crippen molar-refractivity contribution in [3.05, 3.63) is 62.7 Å². The Morgan fingerprint density at radius 3 is 2.54 bits per heavy atom. The van der Waals surface area contributed by atoms with Crippen molar-refractivity contribution in [1.29, 1.82) is 0 Å². The van der Waals surface area contributed by atoms with Crippen molar-refractivity contribution in [1.82, 2.24) is 13.7 Å². The van der Waals surface area contributed by atoms with Crippen LogP contribution in [0.5, 0.6) is 0 Å². The van der Waals surface area contributed by atoms with E-state index in [9.17, 15) is 18.8 Å². The van der Waals surface area contributed by atoms with Crippen molar-refractivity contribution >= 4 is 22.6 Å². The van der Waals surface area contributed by atoms with Gasteiger partial charge in [0.15, 0.2) is 0 Å². The molecule has 0 aliphatic carbocycles. The average Bonchev–Trinajstić information content (AvgIpc) is 2.89. The minimum absolute atomic E-state index is 0.0369. The van der Waals surface area contributed by atoms with E-state index in [4.69, 9.17) is 0 Å². The molecule has 136 valence electrons. The third-order valence-electron chi connectivity index (χ3n) is 4.42. The van der Waals surface area contributed by atoms with E-state index < -0.39 is 23.0 Å². The second kappa shape index (κ2) is 6.62. The molecule has 2 heterocycles. The number of benzene rings is 1. The number of aryl methyl sites for hydroxylation is 2. The first-order valence-electron chi connectivity index (χ1n) is 8.19. The molecule has 0 aliphatic rings. The fourth-order valence-corrected chi connectivity index (χ4v) is 2.96. The van der Waals surface area contributed by atoms with Gasteiger partial charge in [0.05, 0.1) is 11.2 Å². The SMILES string of the molecule is CCn1c(=O)c2c(cc(C)n2C)n(CC(=O)Nc2ccccc2F)c1=O. The number of para-hydroxylation sites is 1. The highest BCUT2D eigenvalue weighted by Crippen LogP contribution is 2.15. The summed E-state index contributed by atoms with van der Waals surface area (Å²) in [7, 11) is 1.73. The predicted octanol–water partition coefficient (Wildman–Crippen LogP) is 1.61. The number of amides is 1. The zero-order valence-electron chi connectivity index (χ0n) is 14.7. The van der Waals surface area contributed by atoms with Crippen molar-refractivity contribution in [2.75, 3.05) is 5.32 Å². The summed E-state index contributed by atoms with van der Waals surface area (Å²) in [5.41, 5.74) is 0.590. The van der Waals surface area contributed by atoms with Crippen molar-refractivity contribution in [3.63, 3.8) is 0 Å². The second-order valence-corrected chi connectivity index (χ2v) is 6.02. The van der Waals surface area contributed by atoms with E-state index in [-0.39, 0.29) is 18.8 Å². The Morgan fingerprint density at radius 1 is 1.19 bits per heavy atom. The van der Waals surface area contributed by atoms with Crippen LogP contribution >= 0.6 is 0 Å². The number of carbonyl (C=O) groups excluding carboxylic acids is 1. The van der Waals surface area contributed by atoms with Crippen molar-refractivity contribution in [3.8, 4) is 0 Å². The van der Waals surface area contributed by atoms with E-state index in [1.165, 1.54) is 22.8 Å². The number of fused-ring (bicyclic) bond motifs is 1. The Balaban J connectivity index is 2.09. The number of aromatic nitrogens is 3. The van der Waals surface area contributed by atoms with Gasteiger partial charge in [-0.2, -0.15) is 0 Å². The Labute approximate surface area is 148 Å². The number of anilines is 1. The average molecular weight is 358 g/mol. The van der Waals surface area contributed by atoms with Crippen LogP contribution in [0.1, 0.15) is 12.6 Å². The Morgan fingerprint density at radius 2 is 1.88 bits per heavy atom. The maximum absolute atomic E-state index is 13.7. The van der Waals surface area contributed by atoms with Gasteiger partial charge in [-0.05, 0) is 32.0 Å². The molecule has 1 amide bonds. The molecule has 0 radical (unpaired) electrons. The fourth-order valence-electron chi connectivity index (χ4n) is 2.96. The Bertz CT molecular complexity index is 1120. The van der Waals surface area contributed by atoms with Gasteiger partial charge in [-0.25, -0.2) is 9.18 Å². The van der Waals surface area contributed by atoms with Crippen LogP contribution in [0, 0.1) is 12.7 Å². The molecule has 0 fully saturated rings. The van der Waals surface area contributed by atoms with Crippen LogP contribution in [0.25, 0.3) is 11.0 Å². The summed E-state index contributed by atoms with van der Waals surface area (Å²) >= 11 is 0. The first-order valence-corrected chi connectivity index (χ1v) is 8.19. The maximum atomic E-state index is 13.7. The zero-order valence-corrected chi connectivity index (χ0v) is 14.7. The molecule has 7 nitrogen and oxygen atoms in total. The van der Waals surface area contributed by atoms with Gasteiger partial charge in [0, 0.05) is 19.3 Å². The molecular weight excluding hydrogens is 339 g/mol. The molecule has 3 aromatic rings. The summed E-state index contributed by atoms with van der Waals surface area (Å²) < 4.78 is 17.7. The Kier molecular flexibility index (Phi) is 4.50. The lowest BCUT2D eigenvalue weighted by molar-refractivity contribution is -0.116. The van der Waals surface area contributed by atoms with Crippen LogP contribution in [-0.4, -0.2) is 19.6 Å². The molecule has 0 saturated heterocycles. The summed E-state index contributed by atoms with van der Waals surface area (Å²) in [4.78, 5) is 37.6. The van der Waals surface area contributed by atoms with E-state index in [0.29, 0.717) is 11.0 Å². The molecule has 0 spiro atoms. The quantitative estimate of drug-likeness (QED) is 0.770. The van der Waals surface area contributed by atoms with Crippen LogP contribution < -0.4 is 16.6 Å². The van der Waals surface area contributed by atoms with Gasteiger partial charge in [0.1, 0.15) is 17.9 Å². The molecule has 0 atom stereocenters. The van der Waals surface area contributed by atoms with Crippen LogP contribution in [0.2, 0.25) is 0 Å². The van der Waals surface area contributed by atoms with Crippen molar-refractivity contribution in [2.45, 2.75) is 26.9 Å². The molecular formula is C18H19FN4O3. The van der Waals surface area contributed by atoms with Gasteiger partial charge >= 0.3 is 5.69 Å². The lowest BCUT2D eigenvalue weighted by Crippen LogP contribution is -2.41. The van der Waals surface area contributed by atoms with Crippen LogP contribution in [0.15, 0.2) is 39.9 Å². The van der Waals surface area contributed by atoms with Crippen molar-refractivity contribution < 1.29 is 9.18 Å². The van der Waals surface area contributed by atoms with E-state index >= 15 is 0 Å². The number of rotatable bonds is 4. The lowest BCUT2D eigenvalue weighted by Gasteiger charge is -2.12. The summed E-state index contributed by atoms with van der Waals surface area (Å²) in [6.45, 7) is 3.36. The number of nitrogens with zero attached hydrogens (tertiary/aromatic N) is 3. The molecule has 3 rings (SSSR count). The number of halogens is 1. The van der Waals surface area contributed by atoms with E-state index in [1.807, 2.05) is 6.92 Å². The molecule has 0 unspecified atom stereocenters. The minimum atomic E-state index is -0.570. The third-order valence-corrected chi connectivity index (χ3v) is 4.42. The highest BCUT2D eigenvalue weighted by atomic mass is 19.1. The molecule has 0 saturated carbocycles. The molecule has 0 bridgehead atoms. The monoisotopic (exact) mass is 358 g/mol. The molecule has 1 aromatic carbocycles. The fraction of sp³-hybridized carbons (Fsp3) is 0.278. The number of nitrogens with one attached hydrogen (secondary N) is 1. The summed E-state index contributed by atoms with van der Waals surface area (Å²) in [5, 5.41) is 2.46. The molecule has 2 aromatic heterocycles. The Hall–Kier alpha value is -3.16. The molecule has 1 N–H and O–H groups in total. The van der Waals surface area contributed by atoms with Crippen LogP contribution in [0.3, 0.4) is 0 Å². The van der Waals surface area contributed by atoms with Gasteiger partial charge in [0.2, 0.25) is 5.91 Å². The topological polar surface area (TPSA) is 78.0 Å². The van der Waals surface area contributed by atoms with Gasteiger partial charge < -0.3 is 9.88 Å². The van der Waals surface area contributed by atoms with Gasteiger partial charge in [-0.15, -0.1) is 0 Å². The van der Waals surface area contributed by atoms with Gasteiger partial charge in [0.25, 0.3) is 5.56 Å². The summed E-state index contributed by atoms with van der Waals surface area (Å²) in [6.07, 6.45) is 0. The van der Waals surface area contributed by atoms with E-state index in [2.05, 4.69) is 5.32 Å². The molecule has 26 heavy (non-hydrogen) atoms. The van der Waals surface area contributed by atoms with Crippen molar-refractivity contribution in [2.24, 2.45) is 7.05 Å². The van der Waals surface area contributed by atoms with Gasteiger partial charge in [-0.3, -0.25) is 18.7 Å². The normalized spacial score (nSPS) is 11.1. The van der Waals surface area contributed by atoms with Gasteiger partial charge in [-0.1, -0.05) is 12.1 Å². The summed E-state index contributed by atoms with van der Waals surface area (Å²) in [6, 6.07) is 7.47. The van der Waals surface area contributed by atoms with Crippen LogP contribution in [0.4, 0.5) is 10.1 Å². The molecule has 0 aliphatic heterocycles. The molecule has 8 heteroatoms. The van der Waals surface area contributed by atoms with E-state index in [0.717, 1.165) is 10.3 Å².